The highest BCUT2D eigenvalue weighted by molar-refractivity contribution is 5.76. The predicted octanol–water partition coefficient (Wildman–Crippen LogP) is 3.94. The number of likely N-dealkylation sites (N-methyl/N-ethyl adjacent to an activating group) is 1. The van der Waals surface area contributed by atoms with E-state index in [-0.39, 0.29) is 17.0 Å². The fraction of sp³-hybridized carbons (Fsp3) is 0.263. The summed E-state index contributed by atoms with van der Waals surface area (Å²) in [6.07, 6.45) is 3.23. The minimum atomic E-state index is -1.22. The zero-order valence-electron chi connectivity index (χ0n) is 16.2. The van der Waals surface area contributed by atoms with Crippen molar-refractivity contribution in [3.8, 4) is 5.75 Å². The number of fused-ring (bicyclic) bond motifs is 2. The lowest BCUT2D eigenvalue weighted by atomic mass is 9.76. The molecule has 1 atom stereocenters. The van der Waals surface area contributed by atoms with E-state index in [0.29, 0.717) is 11.3 Å². The summed E-state index contributed by atoms with van der Waals surface area (Å²) in [4.78, 5) is 33.9. The molecular formula is C19H16N4O7. The maximum absolute atomic E-state index is 11.6. The summed E-state index contributed by atoms with van der Waals surface area (Å²) in [5.41, 5.74) is -1.52. The third-order valence-electron chi connectivity index (χ3n) is 5.86. The van der Waals surface area contributed by atoms with Crippen molar-refractivity contribution in [1.29, 1.82) is 0 Å². The molecule has 0 saturated carbocycles. The Morgan fingerprint density at radius 1 is 0.933 bits per heavy atom. The van der Waals surface area contributed by atoms with Crippen molar-refractivity contribution < 1.29 is 19.5 Å². The Morgan fingerprint density at radius 2 is 1.60 bits per heavy atom. The van der Waals surface area contributed by atoms with Gasteiger partial charge in [0.1, 0.15) is 0 Å². The summed E-state index contributed by atoms with van der Waals surface area (Å²) in [6, 6.07) is 6.55. The van der Waals surface area contributed by atoms with Crippen LogP contribution >= 0.6 is 0 Å². The zero-order chi connectivity index (χ0) is 22.0. The van der Waals surface area contributed by atoms with Crippen molar-refractivity contribution in [3.63, 3.8) is 0 Å². The Kier molecular flexibility index (Phi) is 3.85. The molecule has 11 nitrogen and oxygen atoms in total. The molecule has 0 aliphatic carbocycles. The highest BCUT2D eigenvalue weighted by Crippen LogP contribution is 2.56. The average Bonchev–Trinajstić information content (AvgIpc) is 2.85. The van der Waals surface area contributed by atoms with Crippen LogP contribution in [0.15, 0.2) is 36.4 Å². The molecule has 0 aromatic heterocycles. The molecule has 0 N–H and O–H groups in total. The van der Waals surface area contributed by atoms with Gasteiger partial charge in [-0.05, 0) is 37.6 Å². The maximum atomic E-state index is 11.6. The summed E-state index contributed by atoms with van der Waals surface area (Å²) >= 11 is 0. The number of benzene rings is 2. The van der Waals surface area contributed by atoms with Gasteiger partial charge in [0.15, 0.2) is 0 Å². The van der Waals surface area contributed by atoms with Gasteiger partial charge in [-0.2, -0.15) is 0 Å². The number of rotatable bonds is 3. The van der Waals surface area contributed by atoms with Gasteiger partial charge in [0.25, 0.3) is 11.4 Å². The normalized spacial score (nSPS) is 20.4. The van der Waals surface area contributed by atoms with E-state index in [1.165, 1.54) is 18.2 Å². The van der Waals surface area contributed by atoms with Crippen LogP contribution in [-0.2, 0) is 5.41 Å². The molecule has 0 bridgehead atoms. The number of anilines is 1. The van der Waals surface area contributed by atoms with Gasteiger partial charge in [0, 0.05) is 36.5 Å². The van der Waals surface area contributed by atoms with E-state index in [9.17, 15) is 30.3 Å². The van der Waals surface area contributed by atoms with E-state index in [4.69, 9.17) is 4.74 Å². The largest absolute Gasteiger partial charge is 0.456 e. The molecule has 4 rings (SSSR count). The van der Waals surface area contributed by atoms with E-state index in [0.717, 1.165) is 6.07 Å². The van der Waals surface area contributed by atoms with Gasteiger partial charge < -0.3 is 9.64 Å². The number of non-ortho nitro benzene ring substituents is 2. The molecule has 1 spiro atoms. The monoisotopic (exact) mass is 412 g/mol. The second kappa shape index (κ2) is 5.99. The van der Waals surface area contributed by atoms with Crippen LogP contribution < -0.4 is 9.64 Å². The fourth-order valence-electron chi connectivity index (χ4n) is 4.23. The molecule has 2 aromatic rings. The molecule has 0 saturated heterocycles. The van der Waals surface area contributed by atoms with Crippen molar-refractivity contribution in [3.05, 3.63) is 77.9 Å². The van der Waals surface area contributed by atoms with Gasteiger partial charge in [-0.3, -0.25) is 30.3 Å². The van der Waals surface area contributed by atoms with Gasteiger partial charge >= 0.3 is 5.69 Å². The Balaban J connectivity index is 1.91. The SMILES string of the molecule is CN1c2ccc([N+](=O)[O-])cc2C(C)(C)C12C=Cc1cc([N+](=O)[O-])cc([N+](=O)[O-])c1O2. The number of nitro benzene ring substituents is 3. The van der Waals surface area contributed by atoms with E-state index in [1.807, 2.05) is 13.8 Å². The molecule has 11 heteroatoms. The molecule has 30 heavy (non-hydrogen) atoms. The molecule has 2 aliphatic rings. The van der Waals surface area contributed by atoms with Crippen molar-refractivity contribution in [1.82, 2.24) is 0 Å². The van der Waals surface area contributed by atoms with E-state index < -0.39 is 37.3 Å². The standard InChI is InChI=1S/C19H16N4O7/c1-18(2)14-9-12(21(24)25)4-5-15(14)20(3)19(18)7-6-11-8-13(22(26)27)10-16(23(28)29)17(11)30-19/h4-10H,1-3H3. The van der Waals surface area contributed by atoms with Gasteiger partial charge in [0.2, 0.25) is 11.5 Å². The van der Waals surface area contributed by atoms with Crippen LogP contribution in [-0.4, -0.2) is 27.5 Å². The minimum absolute atomic E-state index is 0.0749. The highest BCUT2D eigenvalue weighted by atomic mass is 16.6. The summed E-state index contributed by atoms with van der Waals surface area (Å²) in [5.74, 6) is -0.0877. The lowest BCUT2D eigenvalue weighted by Gasteiger charge is -2.45. The van der Waals surface area contributed by atoms with E-state index >= 15 is 0 Å². The molecule has 154 valence electrons. The lowest BCUT2D eigenvalue weighted by Crippen LogP contribution is -2.58. The summed E-state index contributed by atoms with van der Waals surface area (Å²) in [6.45, 7) is 3.65. The van der Waals surface area contributed by atoms with E-state index in [2.05, 4.69) is 0 Å². The van der Waals surface area contributed by atoms with Gasteiger partial charge in [-0.25, -0.2) is 0 Å². The van der Waals surface area contributed by atoms with Crippen molar-refractivity contribution in [2.75, 3.05) is 11.9 Å². The molecule has 0 fully saturated rings. The second-order valence-electron chi connectivity index (χ2n) is 7.67. The minimum Gasteiger partial charge on any atom is -0.456 e. The summed E-state index contributed by atoms with van der Waals surface area (Å²) in [7, 11) is 1.73. The van der Waals surface area contributed by atoms with Crippen molar-refractivity contribution >= 4 is 28.8 Å². The van der Waals surface area contributed by atoms with Crippen molar-refractivity contribution in [2.24, 2.45) is 0 Å². The number of nitrogens with zero attached hydrogens (tertiary/aromatic N) is 4. The first-order chi connectivity index (χ1) is 14.0. The van der Waals surface area contributed by atoms with Crippen LogP contribution in [0.3, 0.4) is 0 Å². The van der Waals surface area contributed by atoms with Crippen LogP contribution in [0.2, 0.25) is 0 Å². The molecule has 2 heterocycles. The predicted molar refractivity (Wildman–Crippen MR) is 107 cm³/mol. The Hall–Kier alpha value is -4.02. The zero-order valence-corrected chi connectivity index (χ0v) is 16.2. The first-order valence-electron chi connectivity index (χ1n) is 8.87. The highest BCUT2D eigenvalue weighted by Gasteiger charge is 2.58. The Bertz CT molecular complexity index is 1170. The Morgan fingerprint density at radius 3 is 2.20 bits per heavy atom. The number of hydrogen-bond donors (Lipinski definition) is 0. The maximum Gasteiger partial charge on any atom is 0.318 e. The molecule has 2 aliphatic heterocycles. The van der Waals surface area contributed by atoms with Gasteiger partial charge in [-0.1, -0.05) is 0 Å². The van der Waals surface area contributed by atoms with Gasteiger partial charge in [-0.15, -0.1) is 0 Å². The smallest absolute Gasteiger partial charge is 0.318 e. The van der Waals surface area contributed by atoms with Crippen LogP contribution in [0.5, 0.6) is 5.75 Å². The van der Waals surface area contributed by atoms with Crippen LogP contribution in [0, 0.1) is 30.3 Å². The topological polar surface area (TPSA) is 142 Å². The van der Waals surface area contributed by atoms with Crippen molar-refractivity contribution in [2.45, 2.75) is 25.0 Å². The third-order valence-corrected chi connectivity index (χ3v) is 5.86. The Labute approximate surface area is 169 Å². The number of hydrogen-bond acceptors (Lipinski definition) is 8. The van der Waals surface area contributed by atoms with Crippen LogP contribution in [0.25, 0.3) is 6.08 Å². The number of nitro groups is 3. The van der Waals surface area contributed by atoms with E-state index in [1.54, 1.807) is 30.2 Å². The summed E-state index contributed by atoms with van der Waals surface area (Å²) in [5, 5.41) is 34.0. The van der Waals surface area contributed by atoms with Crippen LogP contribution in [0.4, 0.5) is 22.7 Å². The lowest BCUT2D eigenvalue weighted by molar-refractivity contribution is -0.395. The first-order valence-corrected chi connectivity index (χ1v) is 8.87. The summed E-state index contributed by atoms with van der Waals surface area (Å²) < 4.78 is 6.22. The second-order valence-corrected chi connectivity index (χ2v) is 7.67. The molecule has 0 radical (unpaired) electrons. The molecular weight excluding hydrogens is 396 g/mol. The average molecular weight is 412 g/mol. The molecule has 2 aromatic carbocycles. The third kappa shape index (κ3) is 2.38. The fourth-order valence-corrected chi connectivity index (χ4v) is 4.23. The van der Waals surface area contributed by atoms with Crippen LogP contribution in [0.1, 0.15) is 25.0 Å². The molecule has 0 amide bonds. The molecule has 1 unspecified atom stereocenters. The quantitative estimate of drug-likeness (QED) is 0.545. The van der Waals surface area contributed by atoms with Gasteiger partial charge in [0.05, 0.1) is 26.3 Å². The first kappa shape index (κ1) is 19.3. The number of ether oxygens (including phenoxy) is 1.